The number of nitrogens with one attached hydrogen (secondary N) is 1. The first kappa shape index (κ1) is 19.4. The third-order valence-corrected chi connectivity index (χ3v) is 7.78. The first-order chi connectivity index (χ1) is 13.3. The Morgan fingerprint density at radius 2 is 1.96 bits per heavy atom. The second kappa shape index (κ2) is 7.18. The summed E-state index contributed by atoms with van der Waals surface area (Å²) in [5.41, 5.74) is 6.56. The fourth-order valence-corrected chi connectivity index (χ4v) is 6.33. The lowest BCUT2D eigenvalue weighted by Crippen LogP contribution is -2.53. The van der Waals surface area contributed by atoms with Gasteiger partial charge in [-0.05, 0) is 85.0 Å². The minimum Gasteiger partial charge on any atom is -0.427 e. The maximum atomic E-state index is 11.7. The van der Waals surface area contributed by atoms with Gasteiger partial charge in [0.1, 0.15) is 5.75 Å². The summed E-state index contributed by atoms with van der Waals surface area (Å²) < 4.78 is 5.29. The van der Waals surface area contributed by atoms with Gasteiger partial charge >= 0.3 is 5.97 Å². The molecular weight excluding hydrogens is 352 g/mol. The number of carbonyl (C=O) groups is 2. The molecule has 1 aromatic carbocycles. The molecule has 5 atom stereocenters. The number of amides is 1. The first-order valence-corrected chi connectivity index (χ1v) is 10.6. The SMILES string of the molecule is CC(=O)Oc1ccc2c(c1)CC[C@@H]1[C@@H]2CC[C@]2(C)[C@@H](NN(C)C(C)=O)CC[C@@H]12. The Bertz CT molecular complexity index is 792. The summed E-state index contributed by atoms with van der Waals surface area (Å²) in [5.74, 6) is 2.49. The molecule has 1 aromatic rings. The normalized spacial score (nSPS) is 33.4. The lowest BCUT2D eigenvalue weighted by Gasteiger charge is -2.51. The van der Waals surface area contributed by atoms with Crippen LogP contribution in [0.2, 0.25) is 0 Å². The Kier molecular flexibility index (Phi) is 4.98. The number of hydrogen-bond acceptors (Lipinski definition) is 4. The van der Waals surface area contributed by atoms with Gasteiger partial charge in [-0.3, -0.25) is 14.6 Å². The average Bonchev–Trinajstić information content (AvgIpc) is 2.97. The Morgan fingerprint density at radius 3 is 2.68 bits per heavy atom. The summed E-state index contributed by atoms with van der Waals surface area (Å²) in [6.45, 7) is 5.50. The van der Waals surface area contributed by atoms with Crippen molar-refractivity contribution in [2.45, 2.75) is 71.3 Å². The van der Waals surface area contributed by atoms with Gasteiger partial charge in [-0.15, -0.1) is 0 Å². The van der Waals surface area contributed by atoms with Gasteiger partial charge in [0.05, 0.1) is 0 Å². The predicted octanol–water partition coefficient (Wildman–Crippen LogP) is 3.82. The number of carbonyl (C=O) groups excluding carboxylic acids is 2. The molecule has 5 nitrogen and oxygen atoms in total. The van der Waals surface area contributed by atoms with E-state index in [1.165, 1.54) is 43.7 Å². The van der Waals surface area contributed by atoms with Gasteiger partial charge in [-0.1, -0.05) is 13.0 Å². The van der Waals surface area contributed by atoms with E-state index in [4.69, 9.17) is 4.74 Å². The van der Waals surface area contributed by atoms with E-state index >= 15 is 0 Å². The van der Waals surface area contributed by atoms with Crippen LogP contribution in [-0.2, 0) is 16.0 Å². The van der Waals surface area contributed by atoms with Crippen molar-refractivity contribution >= 4 is 11.9 Å². The monoisotopic (exact) mass is 384 g/mol. The number of fused-ring (bicyclic) bond motifs is 5. The summed E-state index contributed by atoms with van der Waals surface area (Å²) in [6.07, 6.45) is 7.02. The van der Waals surface area contributed by atoms with Gasteiger partial charge in [-0.2, -0.15) is 0 Å². The summed E-state index contributed by atoms with van der Waals surface area (Å²) in [4.78, 5) is 23.0. The molecule has 2 saturated carbocycles. The van der Waals surface area contributed by atoms with E-state index in [1.54, 1.807) is 11.9 Å². The van der Waals surface area contributed by atoms with Crippen molar-refractivity contribution in [3.8, 4) is 5.75 Å². The van der Waals surface area contributed by atoms with Gasteiger partial charge in [0, 0.05) is 26.9 Å². The molecule has 28 heavy (non-hydrogen) atoms. The van der Waals surface area contributed by atoms with Crippen LogP contribution in [0.25, 0.3) is 0 Å². The Morgan fingerprint density at radius 1 is 1.18 bits per heavy atom. The highest BCUT2D eigenvalue weighted by atomic mass is 16.5. The third-order valence-electron chi connectivity index (χ3n) is 7.78. The molecule has 0 radical (unpaired) electrons. The molecule has 0 spiro atoms. The van der Waals surface area contributed by atoms with Crippen molar-refractivity contribution in [2.75, 3.05) is 7.05 Å². The van der Waals surface area contributed by atoms with Crippen LogP contribution in [0.3, 0.4) is 0 Å². The number of rotatable bonds is 3. The van der Waals surface area contributed by atoms with E-state index in [-0.39, 0.29) is 17.3 Å². The van der Waals surface area contributed by atoms with Crippen molar-refractivity contribution in [3.63, 3.8) is 0 Å². The highest BCUT2D eigenvalue weighted by molar-refractivity contribution is 5.72. The fraction of sp³-hybridized carbons (Fsp3) is 0.652. The molecule has 2 fully saturated rings. The zero-order valence-corrected chi connectivity index (χ0v) is 17.5. The molecule has 3 aliphatic rings. The molecule has 0 heterocycles. The number of nitrogens with zero attached hydrogens (tertiary/aromatic N) is 1. The highest BCUT2D eigenvalue weighted by Crippen LogP contribution is 2.61. The number of aryl methyl sites for hydroxylation is 1. The quantitative estimate of drug-likeness (QED) is 0.489. The van der Waals surface area contributed by atoms with E-state index in [2.05, 4.69) is 24.5 Å². The molecule has 5 heteroatoms. The van der Waals surface area contributed by atoms with Crippen LogP contribution in [0, 0.1) is 17.3 Å². The van der Waals surface area contributed by atoms with Gasteiger partial charge in [-0.25, -0.2) is 5.43 Å². The number of ether oxygens (including phenoxy) is 1. The van der Waals surface area contributed by atoms with Crippen molar-refractivity contribution in [1.82, 2.24) is 10.4 Å². The van der Waals surface area contributed by atoms with Crippen LogP contribution >= 0.6 is 0 Å². The number of benzene rings is 1. The smallest absolute Gasteiger partial charge is 0.308 e. The standard InChI is InChI=1S/C23H32N2O3/c1-14(26)25(4)24-22-10-9-21-20-7-5-16-13-17(28-15(2)27)6-8-18(16)19(20)11-12-23(21,22)3/h6,8,13,19-22,24H,5,7,9-12H2,1-4H3/t19-,20-,21+,22+,23+/m1/s1. The van der Waals surface area contributed by atoms with E-state index < -0.39 is 0 Å². The number of hydrazine groups is 1. The van der Waals surface area contributed by atoms with Crippen molar-refractivity contribution in [2.24, 2.45) is 17.3 Å². The van der Waals surface area contributed by atoms with E-state index in [0.717, 1.165) is 12.8 Å². The fourth-order valence-electron chi connectivity index (χ4n) is 6.33. The van der Waals surface area contributed by atoms with Gasteiger partial charge in [0.2, 0.25) is 5.91 Å². The van der Waals surface area contributed by atoms with Crippen LogP contribution < -0.4 is 10.2 Å². The largest absolute Gasteiger partial charge is 0.427 e. The van der Waals surface area contributed by atoms with Gasteiger partial charge < -0.3 is 4.74 Å². The average molecular weight is 385 g/mol. The molecule has 0 aromatic heterocycles. The van der Waals surface area contributed by atoms with E-state index in [0.29, 0.717) is 29.5 Å². The van der Waals surface area contributed by atoms with Crippen LogP contribution in [0.5, 0.6) is 5.75 Å². The Balaban J connectivity index is 1.54. The zero-order chi connectivity index (χ0) is 20.1. The minimum atomic E-state index is -0.262. The zero-order valence-electron chi connectivity index (χ0n) is 17.5. The second-order valence-electron chi connectivity index (χ2n) is 9.25. The van der Waals surface area contributed by atoms with Crippen LogP contribution in [-0.4, -0.2) is 30.0 Å². The van der Waals surface area contributed by atoms with E-state index in [9.17, 15) is 9.59 Å². The second-order valence-corrected chi connectivity index (χ2v) is 9.25. The Hall–Kier alpha value is -1.88. The number of esters is 1. The maximum Gasteiger partial charge on any atom is 0.308 e. The van der Waals surface area contributed by atoms with Gasteiger partial charge in [0.25, 0.3) is 0 Å². The molecular formula is C23H32N2O3. The summed E-state index contributed by atoms with van der Waals surface area (Å²) >= 11 is 0. The molecule has 0 unspecified atom stereocenters. The van der Waals surface area contributed by atoms with Crippen LogP contribution in [0.4, 0.5) is 0 Å². The molecule has 0 saturated heterocycles. The highest BCUT2D eigenvalue weighted by Gasteiger charge is 2.55. The molecule has 1 amide bonds. The third kappa shape index (κ3) is 3.24. The Labute approximate surface area is 167 Å². The molecule has 1 N–H and O–H groups in total. The molecule has 152 valence electrons. The number of hydrogen-bond donors (Lipinski definition) is 1. The molecule has 0 aliphatic heterocycles. The minimum absolute atomic E-state index is 0.0657. The first-order valence-electron chi connectivity index (χ1n) is 10.6. The van der Waals surface area contributed by atoms with Crippen LogP contribution in [0.15, 0.2) is 18.2 Å². The van der Waals surface area contributed by atoms with Gasteiger partial charge in [0.15, 0.2) is 0 Å². The molecule has 0 bridgehead atoms. The van der Waals surface area contributed by atoms with E-state index in [1.807, 2.05) is 13.1 Å². The lowest BCUT2D eigenvalue weighted by molar-refractivity contribution is -0.132. The van der Waals surface area contributed by atoms with Crippen LogP contribution in [0.1, 0.15) is 69.9 Å². The molecule has 3 aliphatic carbocycles. The topological polar surface area (TPSA) is 58.6 Å². The predicted molar refractivity (Wildman–Crippen MR) is 108 cm³/mol. The summed E-state index contributed by atoms with van der Waals surface area (Å²) in [5, 5.41) is 1.66. The lowest BCUT2D eigenvalue weighted by atomic mass is 9.55. The molecule has 4 rings (SSSR count). The van der Waals surface area contributed by atoms with Crippen molar-refractivity contribution in [1.29, 1.82) is 0 Å². The van der Waals surface area contributed by atoms with Crippen molar-refractivity contribution in [3.05, 3.63) is 29.3 Å². The maximum absolute atomic E-state index is 11.7. The summed E-state index contributed by atoms with van der Waals surface area (Å²) in [6, 6.07) is 6.60. The van der Waals surface area contributed by atoms with Crippen molar-refractivity contribution < 1.29 is 14.3 Å². The summed E-state index contributed by atoms with van der Waals surface area (Å²) in [7, 11) is 1.84.